The molecule has 0 aliphatic heterocycles. The second-order valence-electron chi connectivity index (χ2n) is 10.2. The Labute approximate surface area is 190 Å². The number of fused-ring (bicyclic) bond motifs is 3. The molecular formula is C25H36B2O4. The zero-order valence-electron chi connectivity index (χ0n) is 20.1. The van der Waals surface area contributed by atoms with E-state index in [-0.39, 0.29) is 0 Å². The molecular weight excluding hydrogens is 386 g/mol. The van der Waals surface area contributed by atoms with Crippen LogP contribution in [-0.4, -0.2) is 58.5 Å². The molecule has 0 atom stereocenters. The highest BCUT2D eigenvalue weighted by atomic mass is 16.4. The molecule has 166 valence electrons. The first-order valence-electron chi connectivity index (χ1n) is 10.4. The first-order chi connectivity index (χ1) is 13.7. The van der Waals surface area contributed by atoms with Gasteiger partial charge in [-0.1, -0.05) is 47.3 Å². The summed E-state index contributed by atoms with van der Waals surface area (Å²) in [6.45, 7) is 12.6. The molecule has 0 unspecified atom stereocenters. The standard InChI is InChI=1S/C13H8B2.2C6H14O2/c14-10-1-3-12-8(6-10)5-9-7-11(15)2-4-13(9)12;2*1-5(2,7)6(3,4)8/h1-4,6-7H,5H2;2*7-8H,1-4H3. The van der Waals surface area contributed by atoms with E-state index in [0.717, 1.165) is 17.3 Å². The SMILES string of the molecule is CC(C)(O)C(C)(C)O.CC(C)(O)C(C)(C)O.[B]c1ccc2c(c1)Cc1cc([B])ccc1-2. The maximum absolute atomic E-state index is 9.10. The number of benzene rings is 2. The van der Waals surface area contributed by atoms with Crippen molar-refractivity contribution in [1.82, 2.24) is 0 Å². The summed E-state index contributed by atoms with van der Waals surface area (Å²) < 4.78 is 0. The molecule has 2 aromatic rings. The van der Waals surface area contributed by atoms with Crippen molar-refractivity contribution in [2.24, 2.45) is 0 Å². The summed E-state index contributed by atoms with van der Waals surface area (Å²) in [5.41, 5.74) is 2.81. The molecule has 0 bridgehead atoms. The monoisotopic (exact) mass is 422 g/mol. The fourth-order valence-electron chi connectivity index (χ4n) is 2.25. The lowest BCUT2D eigenvalue weighted by Crippen LogP contribution is -2.44. The van der Waals surface area contributed by atoms with Crippen LogP contribution in [0.15, 0.2) is 36.4 Å². The zero-order chi connectivity index (χ0) is 24.4. The fourth-order valence-corrected chi connectivity index (χ4v) is 2.25. The maximum Gasteiger partial charge on any atom is 0.113 e. The molecule has 4 nitrogen and oxygen atoms in total. The maximum atomic E-state index is 9.10. The number of hydrogen-bond acceptors (Lipinski definition) is 4. The van der Waals surface area contributed by atoms with Crippen LogP contribution in [0.25, 0.3) is 11.1 Å². The molecule has 31 heavy (non-hydrogen) atoms. The normalized spacial score (nSPS) is 13.3. The summed E-state index contributed by atoms with van der Waals surface area (Å²) in [5.74, 6) is 0. The van der Waals surface area contributed by atoms with E-state index in [1.165, 1.54) is 22.3 Å². The van der Waals surface area contributed by atoms with Crippen molar-refractivity contribution in [1.29, 1.82) is 0 Å². The van der Waals surface area contributed by atoms with Gasteiger partial charge in [-0.05, 0) is 84.1 Å². The van der Waals surface area contributed by atoms with Crippen molar-refractivity contribution < 1.29 is 20.4 Å². The third-order valence-electron chi connectivity index (χ3n) is 5.92. The molecule has 4 radical (unpaired) electrons. The lowest BCUT2D eigenvalue weighted by molar-refractivity contribution is -0.107. The molecule has 0 saturated carbocycles. The Balaban J connectivity index is 0.000000259. The molecule has 0 saturated heterocycles. The van der Waals surface area contributed by atoms with Crippen LogP contribution in [0.1, 0.15) is 66.5 Å². The van der Waals surface area contributed by atoms with Crippen LogP contribution >= 0.6 is 0 Å². The van der Waals surface area contributed by atoms with Gasteiger partial charge in [-0.3, -0.25) is 0 Å². The Morgan fingerprint density at radius 3 is 1.03 bits per heavy atom. The van der Waals surface area contributed by atoms with E-state index in [2.05, 4.69) is 12.1 Å². The van der Waals surface area contributed by atoms with E-state index in [0.29, 0.717) is 0 Å². The predicted molar refractivity (Wildman–Crippen MR) is 131 cm³/mol. The van der Waals surface area contributed by atoms with Gasteiger partial charge in [-0.15, -0.1) is 0 Å². The van der Waals surface area contributed by atoms with Gasteiger partial charge in [0.25, 0.3) is 0 Å². The van der Waals surface area contributed by atoms with Gasteiger partial charge in [0, 0.05) is 0 Å². The van der Waals surface area contributed by atoms with Gasteiger partial charge < -0.3 is 20.4 Å². The lowest BCUT2D eigenvalue weighted by Gasteiger charge is -2.31. The van der Waals surface area contributed by atoms with Crippen molar-refractivity contribution >= 4 is 26.6 Å². The minimum Gasteiger partial charge on any atom is -0.387 e. The van der Waals surface area contributed by atoms with Crippen molar-refractivity contribution in [3.63, 3.8) is 0 Å². The summed E-state index contributed by atoms with van der Waals surface area (Å²) in [4.78, 5) is 0. The van der Waals surface area contributed by atoms with E-state index in [1.54, 1.807) is 55.4 Å². The summed E-state index contributed by atoms with van der Waals surface area (Å²) in [6.07, 6.45) is 0.945. The Morgan fingerprint density at radius 1 is 0.548 bits per heavy atom. The Hall–Kier alpha value is -1.59. The number of rotatable bonds is 2. The van der Waals surface area contributed by atoms with Crippen LogP contribution in [-0.2, 0) is 6.42 Å². The minimum atomic E-state index is -1.01. The second-order valence-corrected chi connectivity index (χ2v) is 10.2. The highest BCUT2D eigenvalue weighted by Gasteiger charge is 2.32. The molecule has 0 fully saturated rings. The van der Waals surface area contributed by atoms with E-state index in [9.17, 15) is 0 Å². The molecule has 6 heteroatoms. The van der Waals surface area contributed by atoms with Gasteiger partial charge in [-0.2, -0.15) is 0 Å². The van der Waals surface area contributed by atoms with Crippen LogP contribution in [0.2, 0.25) is 0 Å². The summed E-state index contributed by atoms with van der Waals surface area (Å²) in [5, 5.41) is 36.4. The average molecular weight is 422 g/mol. The fraction of sp³-hybridized carbons (Fsp3) is 0.520. The number of hydrogen-bond donors (Lipinski definition) is 4. The summed E-state index contributed by atoms with van der Waals surface area (Å²) in [6, 6.07) is 12.2. The van der Waals surface area contributed by atoms with Gasteiger partial charge in [0.2, 0.25) is 0 Å². The molecule has 4 N–H and O–H groups in total. The van der Waals surface area contributed by atoms with Crippen LogP contribution in [0.3, 0.4) is 0 Å². The smallest absolute Gasteiger partial charge is 0.113 e. The van der Waals surface area contributed by atoms with Crippen molar-refractivity contribution in [2.45, 2.75) is 84.2 Å². The predicted octanol–water partition coefficient (Wildman–Crippen LogP) is 1.90. The molecule has 1 aliphatic carbocycles. The second kappa shape index (κ2) is 9.50. The molecule has 0 spiro atoms. The highest BCUT2D eigenvalue weighted by Crippen LogP contribution is 2.34. The topological polar surface area (TPSA) is 80.9 Å². The van der Waals surface area contributed by atoms with Crippen molar-refractivity contribution in [3.8, 4) is 11.1 Å². The van der Waals surface area contributed by atoms with Crippen LogP contribution < -0.4 is 10.9 Å². The Kier molecular flexibility index (Phi) is 8.41. The summed E-state index contributed by atoms with van der Waals surface area (Å²) >= 11 is 0. The third-order valence-corrected chi connectivity index (χ3v) is 5.92. The first-order valence-corrected chi connectivity index (χ1v) is 10.4. The molecule has 2 aromatic carbocycles. The van der Waals surface area contributed by atoms with Crippen molar-refractivity contribution in [2.75, 3.05) is 0 Å². The van der Waals surface area contributed by atoms with E-state index in [4.69, 9.17) is 36.1 Å². The van der Waals surface area contributed by atoms with E-state index in [1.807, 2.05) is 24.3 Å². The van der Waals surface area contributed by atoms with E-state index >= 15 is 0 Å². The quantitative estimate of drug-likeness (QED) is 0.476. The average Bonchev–Trinajstić information content (AvgIpc) is 2.88. The number of aliphatic hydroxyl groups is 4. The van der Waals surface area contributed by atoms with Gasteiger partial charge in [-0.25, -0.2) is 0 Å². The van der Waals surface area contributed by atoms with Gasteiger partial charge in [0.1, 0.15) is 15.7 Å². The van der Waals surface area contributed by atoms with Gasteiger partial charge >= 0.3 is 0 Å². The molecule has 0 heterocycles. The lowest BCUT2D eigenvalue weighted by atomic mass is 9.90. The molecule has 0 aromatic heterocycles. The van der Waals surface area contributed by atoms with Crippen LogP contribution in [0, 0.1) is 0 Å². The van der Waals surface area contributed by atoms with Crippen LogP contribution in [0.5, 0.6) is 0 Å². The third kappa shape index (κ3) is 7.80. The van der Waals surface area contributed by atoms with Gasteiger partial charge in [0.05, 0.1) is 22.4 Å². The molecule has 3 rings (SSSR count). The largest absolute Gasteiger partial charge is 0.387 e. The van der Waals surface area contributed by atoms with Crippen LogP contribution in [0.4, 0.5) is 0 Å². The Bertz CT molecular complexity index is 783. The first kappa shape index (κ1) is 27.4. The minimum absolute atomic E-state index is 0.828. The summed E-state index contributed by atoms with van der Waals surface area (Å²) in [7, 11) is 11.5. The van der Waals surface area contributed by atoms with Gasteiger partial charge in [0.15, 0.2) is 0 Å². The Morgan fingerprint density at radius 2 is 0.806 bits per heavy atom. The molecule has 0 amide bonds. The highest BCUT2D eigenvalue weighted by molar-refractivity contribution is 6.33. The zero-order valence-corrected chi connectivity index (χ0v) is 20.1. The van der Waals surface area contributed by atoms with E-state index < -0.39 is 22.4 Å². The molecule has 1 aliphatic rings. The van der Waals surface area contributed by atoms with Crippen molar-refractivity contribution in [3.05, 3.63) is 47.5 Å².